The molecule has 1 N–H and O–H groups in total. The molecule has 0 radical (unpaired) electrons. The molecule has 0 aliphatic carbocycles. The number of carboxylic acid groups (broad SMARTS) is 1. The molecular formula is C10H18O2. The molecule has 0 aliphatic rings. The number of hydrogen-bond donors (Lipinski definition) is 1. The highest BCUT2D eigenvalue weighted by Gasteiger charge is 2.20. The second-order valence-corrected chi connectivity index (χ2v) is 3.68. The minimum Gasteiger partial charge on any atom is -0.481 e. The van der Waals surface area contributed by atoms with Gasteiger partial charge in [0.05, 0.1) is 5.92 Å². The van der Waals surface area contributed by atoms with E-state index < -0.39 is 5.97 Å². The van der Waals surface area contributed by atoms with Gasteiger partial charge in [-0.1, -0.05) is 19.4 Å². The monoisotopic (exact) mass is 170 g/mol. The minimum atomic E-state index is -0.689. The molecule has 70 valence electrons. The van der Waals surface area contributed by atoms with E-state index in [4.69, 9.17) is 5.11 Å². The third-order valence-corrected chi connectivity index (χ3v) is 2.00. The molecule has 0 spiro atoms. The first-order chi connectivity index (χ1) is 5.45. The summed E-state index contributed by atoms with van der Waals surface area (Å²) in [6, 6.07) is 0. The van der Waals surface area contributed by atoms with Crippen LogP contribution in [0.3, 0.4) is 0 Å². The lowest BCUT2D eigenvalue weighted by Crippen LogP contribution is -2.19. The smallest absolute Gasteiger partial charge is 0.306 e. The van der Waals surface area contributed by atoms with Crippen LogP contribution in [0.4, 0.5) is 0 Å². The number of allylic oxidation sites excluding steroid dienone is 1. The largest absolute Gasteiger partial charge is 0.481 e. The van der Waals surface area contributed by atoms with E-state index in [2.05, 4.69) is 6.58 Å². The first-order valence-corrected chi connectivity index (χ1v) is 4.32. The van der Waals surface area contributed by atoms with E-state index in [1.165, 1.54) is 0 Å². The topological polar surface area (TPSA) is 37.3 Å². The summed E-state index contributed by atoms with van der Waals surface area (Å²) in [6.45, 7) is 9.57. The summed E-state index contributed by atoms with van der Waals surface area (Å²) in [7, 11) is 0. The fraction of sp³-hybridized carbons (Fsp3) is 0.700. The number of carbonyl (C=O) groups is 1. The molecule has 0 aromatic carbocycles. The molecule has 0 aliphatic heterocycles. The Hall–Kier alpha value is -0.790. The summed E-state index contributed by atoms with van der Waals surface area (Å²) < 4.78 is 0. The molecule has 2 nitrogen and oxygen atoms in total. The van der Waals surface area contributed by atoms with Crippen molar-refractivity contribution in [3.8, 4) is 0 Å². The summed E-state index contributed by atoms with van der Waals surface area (Å²) in [5, 5.41) is 8.83. The number of carboxylic acids is 1. The van der Waals surface area contributed by atoms with E-state index in [1.807, 2.05) is 20.8 Å². The van der Waals surface area contributed by atoms with Crippen LogP contribution in [0.1, 0.15) is 33.6 Å². The normalized spacial score (nSPS) is 13.0. The quantitative estimate of drug-likeness (QED) is 0.644. The third-order valence-electron chi connectivity index (χ3n) is 2.00. The van der Waals surface area contributed by atoms with Crippen molar-refractivity contribution in [3.63, 3.8) is 0 Å². The molecule has 2 heteroatoms. The Morgan fingerprint density at radius 2 is 2.00 bits per heavy atom. The van der Waals surface area contributed by atoms with Crippen LogP contribution in [0.2, 0.25) is 0 Å². The number of hydrogen-bond acceptors (Lipinski definition) is 1. The first kappa shape index (κ1) is 11.2. The van der Waals surface area contributed by atoms with Gasteiger partial charge >= 0.3 is 5.97 Å². The summed E-state index contributed by atoms with van der Waals surface area (Å²) >= 11 is 0. The Kier molecular flexibility index (Phi) is 4.64. The molecular weight excluding hydrogens is 152 g/mol. The van der Waals surface area contributed by atoms with E-state index in [-0.39, 0.29) is 11.8 Å². The van der Waals surface area contributed by atoms with Gasteiger partial charge in [-0.3, -0.25) is 4.79 Å². The van der Waals surface area contributed by atoms with Crippen LogP contribution >= 0.6 is 0 Å². The highest BCUT2D eigenvalue weighted by molar-refractivity contribution is 5.70. The fourth-order valence-corrected chi connectivity index (χ4v) is 1.14. The highest BCUT2D eigenvalue weighted by Crippen LogP contribution is 2.19. The molecule has 0 aromatic rings. The van der Waals surface area contributed by atoms with Crippen LogP contribution in [0.25, 0.3) is 0 Å². The van der Waals surface area contributed by atoms with E-state index in [1.54, 1.807) is 0 Å². The Bertz CT molecular complexity index is 171. The molecule has 0 rings (SSSR count). The summed E-state index contributed by atoms with van der Waals surface area (Å²) in [6.07, 6.45) is 1.53. The van der Waals surface area contributed by atoms with Crippen molar-refractivity contribution >= 4 is 5.97 Å². The molecule has 0 saturated heterocycles. The van der Waals surface area contributed by atoms with Gasteiger partial charge in [-0.2, -0.15) is 0 Å². The second kappa shape index (κ2) is 4.96. The van der Waals surface area contributed by atoms with Crippen LogP contribution in [0.15, 0.2) is 12.2 Å². The average Bonchev–Trinajstić information content (AvgIpc) is 1.84. The van der Waals surface area contributed by atoms with Crippen molar-refractivity contribution in [2.75, 3.05) is 0 Å². The van der Waals surface area contributed by atoms with Crippen molar-refractivity contribution in [1.82, 2.24) is 0 Å². The van der Waals surface area contributed by atoms with Gasteiger partial charge in [0, 0.05) is 0 Å². The van der Waals surface area contributed by atoms with Gasteiger partial charge in [0.2, 0.25) is 0 Å². The summed E-state index contributed by atoms with van der Waals surface area (Å²) in [5.74, 6) is -0.699. The zero-order valence-corrected chi connectivity index (χ0v) is 8.13. The fourth-order valence-electron chi connectivity index (χ4n) is 1.14. The lowest BCUT2D eigenvalue weighted by atomic mass is 9.90. The Morgan fingerprint density at radius 3 is 2.25 bits per heavy atom. The Labute approximate surface area is 74.3 Å². The molecule has 0 amide bonds. The number of rotatable bonds is 5. The Morgan fingerprint density at radius 1 is 1.50 bits per heavy atom. The van der Waals surface area contributed by atoms with Gasteiger partial charge in [-0.15, -0.1) is 6.58 Å². The molecule has 0 bridgehead atoms. The van der Waals surface area contributed by atoms with E-state index in [0.29, 0.717) is 6.42 Å². The van der Waals surface area contributed by atoms with Gasteiger partial charge in [0.15, 0.2) is 0 Å². The molecule has 1 atom stereocenters. The van der Waals surface area contributed by atoms with Gasteiger partial charge in [0.25, 0.3) is 0 Å². The van der Waals surface area contributed by atoms with E-state index in [9.17, 15) is 4.79 Å². The first-order valence-electron chi connectivity index (χ1n) is 4.32. The van der Waals surface area contributed by atoms with Crippen LogP contribution in [0.5, 0.6) is 0 Å². The predicted molar refractivity (Wildman–Crippen MR) is 50.0 cm³/mol. The molecule has 12 heavy (non-hydrogen) atoms. The van der Waals surface area contributed by atoms with Crippen molar-refractivity contribution in [2.24, 2.45) is 11.8 Å². The summed E-state index contributed by atoms with van der Waals surface area (Å²) in [4.78, 5) is 10.7. The SMILES string of the molecule is C=C(C)CCC(C(=O)O)C(C)C. The van der Waals surface area contributed by atoms with Crippen molar-refractivity contribution in [2.45, 2.75) is 33.6 Å². The molecule has 0 fully saturated rings. The van der Waals surface area contributed by atoms with Crippen molar-refractivity contribution in [1.29, 1.82) is 0 Å². The standard InChI is InChI=1S/C10H18O2/c1-7(2)5-6-9(8(3)4)10(11)12/h8-9H,1,5-6H2,2-4H3,(H,11,12). The molecule has 0 aromatic heterocycles. The summed E-state index contributed by atoms with van der Waals surface area (Å²) in [5.41, 5.74) is 1.06. The lowest BCUT2D eigenvalue weighted by Gasteiger charge is -2.15. The zero-order chi connectivity index (χ0) is 9.72. The van der Waals surface area contributed by atoms with Gasteiger partial charge in [0.1, 0.15) is 0 Å². The van der Waals surface area contributed by atoms with Gasteiger partial charge in [-0.25, -0.2) is 0 Å². The van der Waals surface area contributed by atoms with E-state index in [0.717, 1.165) is 12.0 Å². The molecule has 1 unspecified atom stereocenters. The highest BCUT2D eigenvalue weighted by atomic mass is 16.4. The maximum atomic E-state index is 10.7. The third kappa shape index (κ3) is 4.16. The van der Waals surface area contributed by atoms with Crippen molar-refractivity contribution < 1.29 is 9.90 Å². The zero-order valence-electron chi connectivity index (χ0n) is 8.13. The van der Waals surface area contributed by atoms with Crippen LogP contribution < -0.4 is 0 Å². The van der Waals surface area contributed by atoms with Crippen LogP contribution in [-0.4, -0.2) is 11.1 Å². The van der Waals surface area contributed by atoms with Gasteiger partial charge < -0.3 is 5.11 Å². The van der Waals surface area contributed by atoms with Crippen LogP contribution in [0, 0.1) is 11.8 Å². The van der Waals surface area contributed by atoms with Crippen LogP contribution in [-0.2, 0) is 4.79 Å². The van der Waals surface area contributed by atoms with E-state index >= 15 is 0 Å². The maximum absolute atomic E-state index is 10.7. The predicted octanol–water partition coefficient (Wildman–Crippen LogP) is 2.70. The van der Waals surface area contributed by atoms with Crippen molar-refractivity contribution in [3.05, 3.63) is 12.2 Å². The molecule has 0 saturated carbocycles. The average molecular weight is 170 g/mol. The minimum absolute atomic E-state index is 0.210. The molecule has 0 heterocycles. The second-order valence-electron chi connectivity index (χ2n) is 3.68. The lowest BCUT2D eigenvalue weighted by molar-refractivity contribution is -0.143. The number of aliphatic carboxylic acids is 1. The van der Waals surface area contributed by atoms with Gasteiger partial charge in [-0.05, 0) is 25.7 Å². The maximum Gasteiger partial charge on any atom is 0.306 e. The Balaban J connectivity index is 3.97.